The molecule has 3 aromatic heterocycles. The Morgan fingerprint density at radius 3 is 2.50 bits per heavy atom. The zero-order valence-corrected chi connectivity index (χ0v) is 14.7. The number of rotatable bonds is 4. The zero-order valence-electron chi connectivity index (χ0n) is 13.9. The van der Waals surface area contributed by atoms with Crippen LogP contribution in [-0.4, -0.2) is 32.4 Å². The Bertz CT molecular complexity index is 899. The Labute approximate surface area is 155 Å². The van der Waals surface area contributed by atoms with E-state index in [0.29, 0.717) is 23.9 Å². The molecule has 6 nitrogen and oxygen atoms in total. The second kappa shape index (κ2) is 7.17. The maximum Gasteiger partial charge on any atom is 0.230 e. The van der Waals surface area contributed by atoms with Gasteiger partial charge in [-0.25, -0.2) is 15.0 Å². The summed E-state index contributed by atoms with van der Waals surface area (Å²) in [6.07, 6.45) is 9.99. The summed E-state index contributed by atoms with van der Waals surface area (Å²) in [4.78, 5) is 31.3. The van der Waals surface area contributed by atoms with E-state index < -0.39 is 0 Å². The number of hydrogen-bond acceptors (Lipinski definition) is 5. The van der Waals surface area contributed by atoms with Crippen LogP contribution in [0.3, 0.4) is 0 Å². The van der Waals surface area contributed by atoms with Crippen LogP contribution in [0.25, 0.3) is 11.4 Å². The Morgan fingerprint density at radius 2 is 1.81 bits per heavy atom. The Morgan fingerprint density at radius 1 is 1.04 bits per heavy atom. The lowest BCUT2D eigenvalue weighted by atomic mass is 9.99. The Balaban J connectivity index is 1.47. The van der Waals surface area contributed by atoms with Crippen molar-refractivity contribution in [1.29, 1.82) is 0 Å². The minimum Gasteiger partial charge on any atom is -0.309 e. The van der Waals surface area contributed by atoms with Crippen LogP contribution in [0.4, 0.5) is 5.69 Å². The van der Waals surface area contributed by atoms with Crippen molar-refractivity contribution in [2.24, 2.45) is 5.92 Å². The highest BCUT2D eigenvalue weighted by Crippen LogP contribution is 2.27. The van der Waals surface area contributed by atoms with Crippen LogP contribution >= 0.6 is 11.6 Å². The van der Waals surface area contributed by atoms with E-state index in [1.54, 1.807) is 42.0 Å². The summed E-state index contributed by atoms with van der Waals surface area (Å²) in [5, 5.41) is 0.458. The molecule has 0 aliphatic carbocycles. The number of hydrogen-bond donors (Lipinski definition) is 0. The molecule has 0 unspecified atom stereocenters. The van der Waals surface area contributed by atoms with Gasteiger partial charge in [-0.05, 0) is 36.6 Å². The topological polar surface area (TPSA) is 71.9 Å². The molecule has 7 heteroatoms. The first-order chi connectivity index (χ1) is 12.7. The van der Waals surface area contributed by atoms with E-state index in [1.165, 1.54) is 0 Å². The number of anilines is 1. The van der Waals surface area contributed by atoms with E-state index >= 15 is 0 Å². The Kier molecular flexibility index (Phi) is 4.58. The van der Waals surface area contributed by atoms with E-state index in [4.69, 9.17) is 11.6 Å². The highest BCUT2D eigenvalue weighted by atomic mass is 35.5. The Hall–Kier alpha value is -2.86. The number of amides is 1. The molecular weight excluding hydrogens is 350 g/mol. The van der Waals surface area contributed by atoms with Gasteiger partial charge in [-0.15, -0.1) is 0 Å². The molecule has 0 bridgehead atoms. The number of aromatic nitrogens is 4. The average molecular weight is 366 g/mol. The fourth-order valence-corrected chi connectivity index (χ4v) is 3.22. The van der Waals surface area contributed by atoms with Crippen molar-refractivity contribution in [2.45, 2.75) is 12.8 Å². The van der Waals surface area contributed by atoms with Gasteiger partial charge >= 0.3 is 0 Å². The van der Waals surface area contributed by atoms with Crippen LogP contribution in [0.15, 0.2) is 55.2 Å². The lowest BCUT2D eigenvalue weighted by Gasteiger charge is -2.16. The van der Waals surface area contributed by atoms with Gasteiger partial charge in [0.25, 0.3) is 0 Å². The van der Waals surface area contributed by atoms with E-state index in [1.807, 2.05) is 18.2 Å². The maximum atomic E-state index is 12.7. The molecule has 1 atom stereocenters. The molecule has 0 N–H and O–H groups in total. The van der Waals surface area contributed by atoms with Gasteiger partial charge in [-0.3, -0.25) is 9.78 Å². The summed E-state index contributed by atoms with van der Waals surface area (Å²) in [5.41, 5.74) is 2.64. The van der Waals surface area contributed by atoms with Gasteiger partial charge in [0.15, 0.2) is 5.82 Å². The molecule has 0 aromatic carbocycles. The van der Waals surface area contributed by atoms with E-state index in [2.05, 4.69) is 19.9 Å². The van der Waals surface area contributed by atoms with Crippen LogP contribution in [-0.2, 0) is 11.2 Å². The third-order valence-corrected chi connectivity index (χ3v) is 4.70. The lowest BCUT2D eigenvalue weighted by molar-refractivity contribution is -0.120. The average Bonchev–Trinajstić information content (AvgIpc) is 3.05. The van der Waals surface area contributed by atoms with Crippen LogP contribution in [0, 0.1) is 5.92 Å². The van der Waals surface area contributed by atoms with Crippen molar-refractivity contribution in [1.82, 2.24) is 19.9 Å². The lowest BCUT2D eigenvalue weighted by Crippen LogP contribution is -2.28. The van der Waals surface area contributed by atoms with Crippen molar-refractivity contribution in [3.63, 3.8) is 0 Å². The number of nitrogens with zero attached hydrogens (tertiary/aromatic N) is 5. The van der Waals surface area contributed by atoms with Crippen molar-refractivity contribution in [3.05, 3.63) is 66.0 Å². The number of pyridine rings is 2. The predicted molar refractivity (Wildman–Crippen MR) is 98.7 cm³/mol. The van der Waals surface area contributed by atoms with Crippen LogP contribution in [0.1, 0.15) is 12.0 Å². The number of halogens is 1. The molecule has 3 aromatic rings. The molecule has 0 saturated carbocycles. The highest BCUT2D eigenvalue weighted by Gasteiger charge is 2.32. The van der Waals surface area contributed by atoms with Crippen molar-refractivity contribution in [2.75, 3.05) is 11.4 Å². The van der Waals surface area contributed by atoms with Gasteiger partial charge in [0.2, 0.25) is 5.91 Å². The summed E-state index contributed by atoms with van der Waals surface area (Å²) >= 11 is 5.81. The first-order valence-electron chi connectivity index (χ1n) is 8.35. The van der Waals surface area contributed by atoms with Gasteiger partial charge < -0.3 is 4.90 Å². The van der Waals surface area contributed by atoms with E-state index in [0.717, 1.165) is 23.2 Å². The molecule has 130 valence electrons. The SMILES string of the molecule is O=C1[C@@H](Cc2ccc(Cl)nc2)CCN1c1cnc(-c2ccncc2)nc1. The minimum absolute atomic E-state index is 0.0575. The van der Waals surface area contributed by atoms with Gasteiger partial charge in [0.1, 0.15) is 5.15 Å². The number of carbonyl (C=O) groups is 1. The fraction of sp³-hybridized carbons (Fsp3) is 0.211. The third-order valence-electron chi connectivity index (χ3n) is 4.48. The molecule has 4 rings (SSSR count). The second-order valence-corrected chi connectivity index (χ2v) is 6.56. The number of carbonyl (C=O) groups excluding carboxylic acids is 1. The van der Waals surface area contributed by atoms with Crippen molar-refractivity contribution < 1.29 is 4.79 Å². The fourth-order valence-electron chi connectivity index (χ4n) is 3.11. The van der Waals surface area contributed by atoms with Crippen molar-refractivity contribution in [3.8, 4) is 11.4 Å². The van der Waals surface area contributed by atoms with Gasteiger partial charge in [0.05, 0.1) is 18.1 Å². The highest BCUT2D eigenvalue weighted by molar-refractivity contribution is 6.29. The molecule has 1 aliphatic rings. The summed E-state index contributed by atoms with van der Waals surface area (Å²) in [6.45, 7) is 0.669. The largest absolute Gasteiger partial charge is 0.309 e. The minimum atomic E-state index is -0.0575. The molecule has 26 heavy (non-hydrogen) atoms. The van der Waals surface area contributed by atoms with Crippen LogP contribution in [0.5, 0.6) is 0 Å². The predicted octanol–water partition coefficient (Wildman–Crippen LogP) is 3.18. The third kappa shape index (κ3) is 3.41. The van der Waals surface area contributed by atoms with Gasteiger partial charge in [-0.2, -0.15) is 0 Å². The van der Waals surface area contributed by atoms with E-state index in [9.17, 15) is 4.79 Å². The molecule has 1 aliphatic heterocycles. The first-order valence-corrected chi connectivity index (χ1v) is 8.73. The second-order valence-electron chi connectivity index (χ2n) is 6.17. The van der Waals surface area contributed by atoms with Crippen molar-refractivity contribution >= 4 is 23.2 Å². The summed E-state index contributed by atoms with van der Waals surface area (Å²) in [7, 11) is 0. The zero-order chi connectivity index (χ0) is 17.9. The molecule has 1 fully saturated rings. The molecule has 1 saturated heterocycles. The first kappa shape index (κ1) is 16.6. The molecule has 0 radical (unpaired) electrons. The maximum absolute atomic E-state index is 12.7. The summed E-state index contributed by atoms with van der Waals surface area (Å²) in [6, 6.07) is 7.37. The van der Waals surface area contributed by atoms with Gasteiger partial charge in [0, 0.05) is 36.6 Å². The van der Waals surface area contributed by atoms with Crippen LogP contribution in [0.2, 0.25) is 5.15 Å². The molecule has 1 amide bonds. The monoisotopic (exact) mass is 365 g/mol. The van der Waals surface area contributed by atoms with Crippen LogP contribution < -0.4 is 4.90 Å². The molecule has 0 spiro atoms. The molecular formula is C19H16ClN5O. The summed E-state index contributed by atoms with van der Waals surface area (Å²) < 4.78 is 0. The smallest absolute Gasteiger partial charge is 0.230 e. The molecule has 4 heterocycles. The summed E-state index contributed by atoms with van der Waals surface area (Å²) in [5.74, 6) is 0.657. The quantitative estimate of drug-likeness (QED) is 0.664. The van der Waals surface area contributed by atoms with Gasteiger partial charge in [-0.1, -0.05) is 17.7 Å². The van der Waals surface area contributed by atoms with E-state index in [-0.39, 0.29) is 11.8 Å². The normalized spacial score (nSPS) is 16.9. The standard InChI is InChI=1S/C19H16ClN5O/c20-17-2-1-13(10-22-17)9-15-5-8-25(19(15)26)16-11-23-18(24-12-16)14-3-6-21-7-4-14/h1-4,6-7,10-12,15H,5,8-9H2/t15-/m1/s1.